The number of hydrogen-bond donors (Lipinski definition) is 1. The molecule has 0 fully saturated rings. The molecule has 3 heterocycles. The molecule has 28 heavy (non-hydrogen) atoms. The number of rotatable bonds is 4. The van der Waals surface area contributed by atoms with Crippen LogP contribution in [0.15, 0.2) is 45.0 Å². The zero-order valence-electron chi connectivity index (χ0n) is 16.4. The molecule has 3 aromatic rings. The molecule has 4 rings (SSSR count). The molecule has 1 aliphatic rings. The van der Waals surface area contributed by atoms with Crippen molar-refractivity contribution in [2.24, 2.45) is 19.2 Å². The average Bonchev–Trinajstić information content (AvgIpc) is 3.10. The van der Waals surface area contributed by atoms with E-state index in [1.807, 2.05) is 48.7 Å². The molecule has 0 aliphatic carbocycles. The molecular formula is C19H23N7O2. The Balaban J connectivity index is 1.75. The lowest BCUT2D eigenvalue weighted by Gasteiger charge is -2.29. The van der Waals surface area contributed by atoms with Gasteiger partial charge in [0.25, 0.3) is 5.56 Å². The topological polar surface area (TPSA) is 89.5 Å². The zero-order valence-corrected chi connectivity index (χ0v) is 16.4. The monoisotopic (exact) mass is 381 g/mol. The molecule has 0 spiro atoms. The summed E-state index contributed by atoms with van der Waals surface area (Å²) in [5.41, 5.74) is 1.96. The van der Waals surface area contributed by atoms with E-state index >= 15 is 0 Å². The number of aryl methyl sites for hydroxylation is 1. The van der Waals surface area contributed by atoms with E-state index in [2.05, 4.69) is 15.4 Å². The highest BCUT2D eigenvalue weighted by atomic mass is 16.2. The van der Waals surface area contributed by atoms with Crippen molar-refractivity contribution in [1.82, 2.24) is 18.7 Å². The van der Waals surface area contributed by atoms with Crippen LogP contribution in [0, 0.1) is 0 Å². The first kappa shape index (κ1) is 18.0. The summed E-state index contributed by atoms with van der Waals surface area (Å²) in [7, 11) is 3.11. The minimum atomic E-state index is -0.393. The van der Waals surface area contributed by atoms with Crippen LogP contribution in [0.2, 0.25) is 0 Å². The van der Waals surface area contributed by atoms with Crippen molar-refractivity contribution in [1.29, 1.82) is 0 Å². The van der Waals surface area contributed by atoms with E-state index < -0.39 is 5.69 Å². The lowest BCUT2D eigenvalue weighted by molar-refractivity contribution is 0.638. The van der Waals surface area contributed by atoms with Crippen LogP contribution in [0.1, 0.15) is 19.9 Å². The van der Waals surface area contributed by atoms with E-state index in [0.717, 1.165) is 16.0 Å². The molecular weight excluding hydrogens is 358 g/mol. The number of nitrogens with zero attached hydrogens (tertiary/aromatic N) is 6. The molecule has 0 saturated heterocycles. The van der Waals surface area contributed by atoms with E-state index in [-0.39, 0.29) is 11.6 Å². The van der Waals surface area contributed by atoms with E-state index in [1.165, 1.54) is 11.6 Å². The van der Waals surface area contributed by atoms with Crippen molar-refractivity contribution in [3.8, 4) is 0 Å². The number of imidazole rings is 1. The molecule has 146 valence electrons. The third kappa shape index (κ3) is 2.70. The van der Waals surface area contributed by atoms with Gasteiger partial charge in [0.05, 0.1) is 18.3 Å². The predicted molar refractivity (Wildman–Crippen MR) is 110 cm³/mol. The molecule has 2 aromatic heterocycles. The van der Waals surface area contributed by atoms with Crippen LogP contribution < -0.4 is 21.6 Å². The Morgan fingerprint density at radius 2 is 1.82 bits per heavy atom. The first-order valence-electron chi connectivity index (χ1n) is 9.19. The summed E-state index contributed by atoms with van der Waals surface area (Å²) in [6.45, 7) is 5.13. The molecule has 0 bridgehead atoms. The second-order valence-corrected chi connectivity index (χ2v) is 6.99. The molecule has 0 saturated carbocycles. The number of fused-ring (bicyclic) bond motifs is 3. The Kier molecular flexibility index (Phi) is 4.29. The molecule has 1 aromatic carbocycles. The maximum absolute atomic E-state index is 12.8. The molecule has 9 heteroatoms. The van der Waals surface area contributed by atoms with Gasteiger partial charge in [0, 0.05) is 26.3 Å². The summed E-state index contributed by atoms with van der Waals surface area (Å²) in [4.78, 5) is 29.7. The van der Waals surface area contributed by atoms with E-state index in [4.69, 9.17) is 0 Å². The van der Waals surface area contributed by atoms with Gasteiger partial charge in [-0.1, -0.05) is 18.2 Å². The SMILES string of the molecule is CC1=NN(CCNc2ccccc2)c2nc3c(c(=O)n(C)c(=O)n3C)n2C1C. The van der Waals surface area contributed by atoms with Crippen LogP contribution in [0.3, 0.4) is 0 Å². The van der Waals surface area contributed by atoms with E-state index in [0.29, 0.717) is 30.2 Å². The lowest BCUT2D eigenvalue weighted by atomic mass is 10.2. The number of anilines is 2. The summed E-state index contributed by atoms with van der Waals surface area (Å²) >= 11 is 0. The summed E-state index contributed by atoms with van der Waals surface area (Å²) in [6, 6.07) is 9.80. The predicted octanol–water partition coefficient (Wildman–Crippen LogP) is 1.30. The maximum Gasteiger partial charge on any atom is 0.332 e. The second-order valence-electron chi connectivity index (χ2n) is 6.99. The van der Waals surface area contributed by atoms with Crippen LogP contribution in [0.4, 0.5) is 11.6 Å². The number of para-hydroxylation sites is 1. The Morgan fingerprint density at radius 1 is 1.11 bits per heavy atom. The number of hydrogen-bond acceptors (Lipinski definition) is 6. The van der Waals surface area contributed by atoms with Gasteiger partial charge in [0.2, 0.25) is 5.95 Å². The number of benzene rings is 1. The normalized spacial score (nSPS) is 16.2. The second kappa shape index (κ2) is 6.66. The van der Waals surface area contributed by atoms with Gasteiger partial charge >= 0.3 is 5.69 Å². The van der Waals surface area contributed by atoms with Crippen molar-refractivity contribution in [3.63, 3.8) is 0 Å². The third-order valence-corrected chi connectivity index (χ3v) is 5.20. The van der Waals surface area contributed by atoms with Gasteiger partial charge in [-0.15, -0.1) is 0 Å². The van der Waals surface area contributed by atoms with Crippen LogP contribution in [-0.2, 0) is 14.1 Å². The molecule has 0 radical (unpaired) electrons. The Labute approximate surface area is 161 Å². The average molecular weight is 381 g/mol. The molecule has 1 N–H and O–H groups in total. The molecule has 1 atom stereocenters. The minimum Gasteiger partial charge on any atom is -0.383 e. The van der Waals surface area contributed by atoms with E-state index in [1.54, 1.807) is 12.1 Å². The van der Waals surface area contributed by atoms with Gasteiger partial charge in [-0.2, -0.15) is 10.1 Å². The molecule has 0 amide bonds. The standard InChI is InChI=1S/C19H23N7O2/c1-12-13(2)26-15-16(23(3)19(28)24(4)17(15)27)21-18(26)25(22-12)11-10-20-14-8-6-5-7-9-14/h5-9,13,20H,10-11H2,1-4H3. The fourth-order valence-corrected chi connectivity index (χ4v) is 3.47. The summed E-state index contributed by atoms with van der Waals surface area (Å²) in [5.74, 6) is 0.571. The van der Waals surface area contributed by atoms with Crippen molar-refractivity contribution in [2.75, 3.05) is 23.4 Å². The van der Waals surface area contributed by atoms with Crippen molar-refractivity contribution in [2.45, 2.75) is 19.9 Å². The maximum atomic E-state index is 12.8. The van der Waals surface area contributed by atoms with Crippen LogP contribution in [-0.4, -0.2) is 37.5 Å². The van der Waals surface area contributed by atoms with Gasteiger partial charge in [-0.05, 0) is 26.0 Å². The van der Waals surface area contributed by atoms with Crippen molar-refractivity contribution in [3.05, 3.63) is 51.2 Å². The van der Waals surface area contributed by atoms with Crippen LogP contribution >= 0.6 is 0 Å². The van der Waals surface area contributed by atoms with Gasteiger partial charge < -0.3 is 5.32 Å². The third-order valence-electron chi connectivity index (χ3n) is 5.20. The number of nitrogens with one attached hydrogen (secondary N) is 1. The molecule has 9 nitrogen and oxygen atoms in total. The summed E-state index contributed by atoms with van der Waals surface area (Å²) < 4.78 is 4.40. The number of aromatic nitrogens is 4. The summed E-state index contributed by atoms with van der Waals surface area (Å²) in [5, 5.41) is 9.81. The minimum absolute atomic E-state index is 0.122. The highest BCUT2D eigenvalue weighted by molar-refractivity contribution is 5.91. The van der Waals surface area contributed by atoms with Crippen LogP contribution in [0.25, 0.3) is 11.2 Å². The van der Waals surface area contributed by atoms with Crippen molar-refractivity contribution >= 4 is 28.5 Å². The zero-order chi connectivity index (χ0) is 20.0. The van der Waals surface area contributed by atoms with Crippen molar-refractivity contribution < 1.29 is 0 Å². The van der Waals surface area contributed by atoms with Gasteiger partial charge in [-0.3, -0.25) is 18.5 Å². The Hall–Kier alpha value is -3.36. The fourth-order valence-electron chi connectivity index (χ4n) is 3.47. The molecule has 1 aliphatic heterocycles. The quantitative estimate of drug-likeness (QED) is 0.736. The first-order valence-corrected chi connectivity index (χ1v) is 9.19. The lowest BCUT2D eigenvalue weighted by Crippen LogP contribution is -2.39. The van der Waals surface area contributed by atoms with Gasteiger partial charge in [0.15, 0.2) is 11.2 Å². The fraction of sp³-hybridized carbons (Fsp3) is 0.368. The van der Waals surface area contributed by atoms with Crippen LogP contribution in [0.5, 0.6) is 0 Å². The largest absolute Gasteiger partial charge is 0.383 e. The highest BCUT2D eigenvalue weighted by Gasteiger charge is 2.30. The van der Waals surface area contributed by atoms with Gasteiger partial charge in [0.1, 0.15) is 0 Å². The Bertz CT molecular complexity index is 1190. The first-order chi connectivity index (χ1) is 13.4. The van der Waals surface area contributed by atoms with E-state index in [9.17, 15) is 9.59 Å². The Morgan fingerprint density at radius 3 is 2.54 bits per heavy atom. The summed E-state index contributed by atoms with van der Waals surface area (Å²) in [6.07, 6.45) is 0. The smallest absolute Gasteiger partial charge is 0.332 e. The highest BCUT2D eigenvalue weighted by Crippen LogP contribution is 2.29. The molecule has 1 unspecified atom stereocenters. The number of hydrazone groups is 1. The van der Waals surface area contributed by atoms with Gasteiger partial charge in [-0.25, -0.2) is 9.80 Å².